The molecule has 2 atom stereocenters. The highest BCUT2D eigenvalue weighted by Crippen LogP contribution is 2.20. The number of halogens is 2. The molecule has 1 aliphatic heterocycles. The van der Waals surface area contributed by atoms with E-state index < -0.39 is 0 Å². The fourth-order valence-corrected chi connectivity index (χ4v) is 2.16. The molecule has 1 heterocycles. The highest BCUT2D eigenvalue weighted by Gasteiger charge is 2.23. The lowest BCUT2D eigenvalue weighted by Crippen LogP contribution is -2.34. The van der Waals surface area contributed by atoms with Crippen LogP contribution in [0.2, 0.25) is 5.02 Å². The van der Waals surface area contributed by atoms with E-state index in [1.54, 1.807) is 12.1 Å². The molecule has 16 heavy (non-hydrogen) atoms. The molecule has 0 aliphatic carbocycles. The first-order chi connectivity index (χ1) is 7.68. The number of hydrogen-bond donors (Lipinski definition) is 1. The fourth-order valence-electron chi connectivity index (χ4n) is 1.93. The van der Waals surface area contributed by atoms with Crippen LogP contribution in [0.1, 0.15) is 18.9 Å². The summed E-state index contributed by atoms with van der Waals surface area (Å²) in [5, 5.41) is 3.75. The molecule has 2 nitrogen and oxygen atoms in total. The van der Waals surface area contributed by atoms with Gasteiger partial charge < -0.3 is 10.1 Å². The van der Waals surface area contributed by atoms with E-state index in [2.05, 4.69) is 5.32 Å². The van der Waals surface area contributed by atoms with Crippen LogP contribution in [0.5, 0.6) is 0 Å². The zero-order valence-corrected chi connectivity index (χ0v) is 9.93. The molecule has 1 aliphatic rings. The second-order valence-corrected chi connectivity index (χ2v) is 4.46. The van der Waals surface area contributed by atoms with Gasteiger partial charge in [-0.25, -0.2) is 4.39 Å². The fraction of sp³-hybridized carbons (Fsp3) is 0.500. The molecule has 2 rings (SSSR count). The second-order valence-electron chi connectivity index (χ2n) is 4.05. The third-order valence-electron chi connectivity index (χ3n) is 2.98. The Morgan fingerprint density at radius 1 is 1.56 bits per heavy atom. The van der Waals surface area contributed by atoms with Crippen LogP contribution in [0, 0.1) is 5.82 Å². The molecule has 4 heteroatoms. The molecule has 0 spiro atoms. The van der Waals surface area contributed by atoms with Gasteiger partial charge in [0.15, 0.2) is 0 Å². The smallest absolute Gasteiger partial charge is 0.129 e. The minimum atomic E-state index is -0.258. The van der Waals surface area contributed by atoms with Crippen molar-refractivity contribution in [2.45, 2.75) is 32.0 Å². The predicted octanol–water partition coefficient (Wildman–Crippen LogP) is 2.75. The average molecular weight is 244 g/mol. The van der Waals surface area contributed by atoms with Crippen LogP contribution in [0.3, 0.4) is 0 Å². The molecule has 88 valence electrons. The van der Waals surface area contributed by atoms with E-state index in [4.69, 9.17) is 16.3 Å². The third-order valence-corrected chi connectivity index (χ3v) is 3.33. The molecule has 1 N–H and O–H groups in total. The van der Waals surface area contributed by atoms with Crippen molar-refractivity contribution in [1.29, 1.82) is 0 Å². The van der Waals surface area contributed by atoms with Gasteiger partial charge in [0.25, 0.3) is 0 Å². The standard InChI is InChI=1S/C12H15ClFNO/c1-8-12(5-6-16-8)15-7-9-10(13)3-2-4-11(9)14/h2-4,8,12,15H,5-7H2,1H3. The van der Waals surface area contributed by atoms with Gasteiger partial charge >= 0.3 is 0 Å². The van der Waals surface area contributed by atoms with Crippen molar-refractivity contribution in [3.05, 3.63) is 34.6 Å². The van der Waals surface area contributed by atoms with Crippen LogP contribution >= 0.6 is 11.6 Å². The summed E-state index contributed by atoms with van der Waals surface area (Å²) in [5.74, 6) is -0.258. The summed E-state index contributed by atoms with van der Waals surface area (Å²) >= 11 is 5.94. The monoisotopic (exact) mass is 243 g/mol. The summed E-state index contributed by atoms with van der Waals surface area (Å²) in [6.07, 6.45) is 1.15. The van der Waals surface area contributed by atoms with Gasteiger partial charge in [0.1, 0.15) is 5.82 Å². The molecule has 1 aromatic carbocycles. The van der Waals surface area contributed by atoms with Crippen molar-refractivity contribution in [1.82, 2.24) is 5.32 Å². The Kier molecular flexibility index (Phi) is 3.79. The quantitative estimate of drug-likeness (QED) is 0.882. The number of benzene rings is 1. The Balaban J connectivity index is 1.99. The number of nitrogens with one attached hydrogen (secondary N) is 1. The molecule has 1 saturated heterocycles. The van der Waals surface area contributed by atoms with Crippen LogP contribution in [0.25, 0.3) is 0 Å². The summed E-state index contributed by atoms with van der Waals surface area (Å²) in [5.41, 5.74) is 0.531. The average Bonchev–Trinajstić information content (AvgIpc) is 2.64. The van der Waals surface area contributed by atoms with Gasteiger partial charge in [0, 0.05) is 29.8 Å². The highest BCUT2D eigenvalue weighted by molar-refractivity contribution is 6.31. The maximum absolute atomic E-state index is 13.5. The lowest BCUT2D eigenvalue weighted by atomic mass is 10.1. The van der Waals surface area contributed by atoms with Crippen LogP contribution in [0.15, 0.2) is 18.2 Å². The topological polar surface area (TPSA) is 21.3 Å². The third kappa shape index (κ3) is 2.54. The number of ether oxygens (including phenoxy) is 1. The molecule has 0 radical (unpaired) electrons. The second kappa shape index (κ2) is 5.13. The zero-order valence-electron chi connectivity index (χ0n) is 9.17. The lowest BCUT2D eigenvalue weighted by Gasteiger charge is -2.16. The number of rotatable bonds is 3. The summed E-state index contributed by atoms with van der Waals surface area (Å²) in [6.45, 7) is 3.24. The minimum Gasteiger partial charge on any atom is -0.377 e. The van der Waals surface area contributed by atoms with Crippen LogP contribution in [-0.4, -0.2) is 18.8 Å². The van der Waals surface area contributed by atoms with Crippen LogP contribution in [-0.2, 0) is 11.3 Å². The van der Waals surface area contributed by atoms with E-state index in [0.29, 0.717) is 17.1 Å². The first-order valence-electron chi connectivity index (χ1n) is 5.46. The highest BCUT2D eigenvalue weighted by atomic mass is 35.5. The Morgan fingerprint density at radius 2 is 2.38 bits per heavy atom. The largest absolute Gasteiger partial charge is 0.377 e. The Hall–Kier alpha value is -0.640. The first kappa shape index (κ1) is 11.8. The first-order valence-corrected chi connectivity index (χ1v) is 5.84. The lowest BCUT2D eigenvalue weighted by molar-refractivity contribution is 0.113. The van der Waals surface area contributed by atoms with Gasteiger partial charge in [-0.1, -0.05) is 17.7 Å². The van der Waals surface area contributed by atoms with Gasteiger partial charge in [0.2, 0.25) is 0 Å². The molecular formula is C12H15ClFNO. The molecule has 1 aromatic rings. The maximum Gasteiger partial charge on any atom is 0.129 e. The van der Waals surface area contributed by atoms with E-state index in [-0.39, 0.29) is 18.0 Å². The molecule has 0 saturated carbocycles. The summed E-state index contributed by atoms with van der Waals surface area (Å²) in [4.78, 5) is 0. The van der Waals surface area contributed by atoms with Gasteiger partial charge in [-0.3, -0.25) is 0 Å². The summed E-state index contributed by atoms with van der Waals surface area (Å²) in [6, 6.07) is 5.03. The Morgan fingerprint density at radius 3 is 3.00 bits per heavy atom. The molecule has 1 fully saturated rings. The normalized spacial score (nSPS) is 24.9. The van der Waals surface area contributed by atoms with E-state index in [1.807, 2.05) is 6.92 Å². The van der Waals surface area contributed by atoms with Gasteiger partial charge in [0.05, 0.1) is 6.10 Å². The predicted molar refractivity (Wildman–Crippen MR) is 62.1 cm³/mol. The van der Waals surface area contributed by atoms with Gasteiger partial charge in [-0.05, 0) is 25.5 Å². The van der Waals surface area contributed by atoms with Crippen molar-refractivity contribution < 1.29 is 9.13 Å². The van der Waals surface area contributed by atoms with Crippen LogP contribution < -0.4 is 5.32 Å². The molecule has 0 bridgehead atoms. The maximum atomic E-state index is 13.5. The Labute approximate surface area is 99.7 Å². The van der Waals surface area contributed by atoms with E-state index in [0.717, 1.165) is 13.0 Å². The summed E-state index contributed by atoms with van der Waals surface area (Å²) < 4.78 is 18.9. The number of hydrogen-bond acceptors (Lipinski definition) is 2. The van der Waals surface area contributed by atoms with Crippen molar-refractivity contribution in [2.24, 2.45) is 0 Å². The Bertz CT molecular complexity index is 352. The molecular weight excluding hydrogens is 229 g/mol. The molecule has 0 aromatic heterocycles. The van der Waals surface area contributed by atoms with Gasteiger partial charge in [-0.2, -0.15) is 0 Å². The van der Waals surface area contributed by atoms with Gasteiger partial charge in [-0.15, -0.1) is 0 Å². The van der Waals surface area contributed by atoms with Crippen molar-refractivity contribution in [3.63, 3.8) is 0 Å². The molecule has 2 unspecified atom stereocenters. The van der Waals surface area contributed by atoms with E-state index in [9.17, 15) is 4.39 Å². The zero-order chi connectivity index (χ0) is 11.5. The van der Waals surface area contributed by atoms with Crippen LogP contribution in [0.4, 0.5) is 4.39 Å². The van der Waals surface area contributed by atoms with E-state index >= 15 is 0 Å². The van der Waals surface area contributed by atoms with E-state index in [1.165, 1.54) is 6.07 Å². The van der Waals surface area contributed by atoms with Crippen molar-refractivity contribution in [3.8, 4) is 0 Å². The minimum absolute atomic E-state index is 0.186. The SMILES string of the molecule is CC1OCCC1NCc1c(F)cccc1Cl. The summed E-state index contributed by atoms with van der Waals surface area (Å²) in [7, 11) is 0. The molecule has 0 amide bonds. The van der Waals surface area contributed by atoms with Crippen molar-refractivity contribution >= 4 is 11.6 Å². The van der Waals surface area contributed by atoms with Crippen molar-refractivity contribution in [2.75, 3.05) is 6.61 Å².